The zero-order valence-electron chi connectivity index (χ0n) is 46.4. The number of Topliss-reactive ketones (excluding diaryl/α,β-unsaturated/α-hetero) is 3. The van der Waals surface area contributed by atoms with Crippen LogP contribution in [0.5, 0.6) is 0 Å². The van der Waals surface area contributed by atoms with Gasteiger partial charge in [-0.15, -0.1) is 0 Å². The van der Waals surface area contributed by atoms with Gasteiger partial charge in [-0.25, -0.2) is 4.79 Å². The van der Waals surface area contributed by atoms with Gasteiger partial charge in [0.2, 0.25) is 5.79 Å². The van der Waals surface area contributed by atoms with E-state index in [0.717, 1.165) is 5.57 Å². The van der Waals surface area contributed by atoms with Crippen molar-refractivity contribution in [2.75, 3.05) is 54.4 Å². The molecular weight excluding hydrogens is 974 g/mol. The topological polar surface area (TPSA) is 220 Å². The van der Waals surface area contributed by atoms with Crippen LogP contribution in [0.2, 0.25) is 0 Å². The molecular formula is C56H90NO16P. The van der Waals surface area contributed by atoms with Crippen molar-refractivity contribution in [2.45, 2.75) is 187 Å². The average molecular weight is 1060 g/mol. The van der Waals surface area contributed by atoms with Crippen molar-refractivity contribution >= 4 is 36.8 Å². The van der Waals surface area contributed by atoms with Crippen molar-refractivity contribution in [3.63, 3.8) is 0 Å². The predicted molar refractivity (Wildman–Crippen MR) is 280 cm³/mol. The summed E-state index contributed by atoms with van der Waals surface area (Å²) in [6.45, 7) is 16.9. The molecule has 2 bridgehead atoms. The van der Waals surface area contributed by atoms with E-state index in [-0.39, 0.29) is 56.0 Å². The fourth-order valence-corrected chi connectivity index (χ4v) is 12.1. The molecule has 0 aromatic rings. The summed E-state index contributed by atoms with van der Waals surface area (Å²) in [6.07, 6.45) is 10.6. The molecule has 0 radical (unpaired) electrons. The van der Waals surface area contributed by atoms with Crippen LogP contribution in [0.4, 0.5) is 0 Å². The predicted octanol–water partition coefficient (Wildman–Crippen LogP) is 8.08. The highest BCUT2D eigenvalue weighted by molar-refractivity contribution is 7.53. The van der Waals surface area contributed by atoms with E-state index >= 15 is 0 Å². The number of carbonyl (C=O) groups is 5. The zero-order chi connectivity index (χ0) is 54.9. The number of carbonyl (C=O) groups excluding carboxylic acids is 5. The normalized spacial score (nSPS) is 37.8. The Kier molecular flexibility index (Phi) is 25.7. The first-order valence-electron chi connectivity index (χ1n) is 27.0. The molecule has 1 aliphatic carbocycles. The largest absolute Gasteiger partial charge is 0.460 e. The maximum absolute atomic E-state index is 14.6. The Morgan fingerprint density at radius 3 is 2.27 bits per heavy atom. The van der Waals surface area contributed by atoms with Crippen molar-refractivity contribution in [3.8, 4) is 0 Å². The SMILES string of the molecule is CCOCCOP(C)(=O)O[C@@H]1CC[C@@H](C[C@@H](C)[C@@H]2CC(=O)[C@H](C)/C=C(\C)[C@@H](O)[C@@H](OC)C(=O)[C@H](C)C[C@H](C)/C=C/C=C/C=C(\C)[C@@H](OC)C[C@@H]3CC[C@@H](C)[C@@](O)(O3)C(=O)C(=O)N3CCCCC3C(=O)O2)C[C@H]1OC. The molecule has 0 spiro atoms. The van der Waals surface area contributed by atoms with E-state index in [2.05, 4.69) is 0 Å². The van der Waals surface area contributed by atoms with Crippen LogP contribution in [0.1, 0.15) is 132 Å². The third-order valence-corrected chi connectivity index (χ3v) is 16.8. The van der Waals surface area contributed by atoms with Crippen LogP contribution in [0, 0.1) is 35.5 Å². The van der Waals surface area contributed by atoms with E-state index in [0.29, 0.717) is 76.4 Å². The number of fused-ring (bicyclic) bond motifs is 3. The summed E-state index contributed by atoms with van der Waals surface area (Å²) in [5.41, 5.74) is 1.24. The van der Waals surface area contributed by atoms with E-state index in [1.54, 1.807) is 41.1 Å². The molecule has 17 nitrogen and oxygen atoms in total. The monoisotopic (exact) mass is 1060 g/mol. The highest BCUT2D eigenvalue weighted by atomic mass is 31.2. The second kappa shape index (κ2) is 30.1. The van der Waals surface area contributed by atoms with Gasteiger partial charge in [0.1, 0.15) is 30.1 Å². The lowest BCUT2D eigenvalue weighted by Crippen LogP contribution is -2.61. The zero-order valence-corrected chi connectivity index (χ0v) is 47.3. The van der Waals surface area contributed by atoms with Crippen LogP contribution in [0.15, 0.2) is 47.6 Å². The summed E-state index contributed by atoms with van der Waals surface area (Å²) >= 11 is 0. The summed E-state index contributed by atoms with van der Waals surface area (Å²) in [7, 11) is 1.08. The van der Waals surface area contributed by atoms with Crippen LogP contribution in [0.3, 0.4) is 0 Å². The summed E-state index contributed by atoms with van der Waals surface area (Å²) in [4.78, 5) is 72.6. The number of methoxy groups -OCH3 is 3. The number of aliphatic hydroxyl groups excluding tert-OH is 1. The maximum Gasteiger partial charge on any atom is 0.329 e. The first-order chi connectivity index (χ1) is 35.0. The van der Waals surface area contributed by atoms with Gasteiger partial charge in [0.25, 0.3) is 11.7 Å². The number of hydrogen-bond acceptors (Lipinski definition) is 16. The van der Waals surface area contributed by atoms with Crippen molar-refractivity contribution in [2.24, 2.45) is 35.5 Å². The molecule has 2 unspecified atom stereocenters. The molecule has 0 aromatic carbocycles. The second-order valence-corrected chi connectivity index (χ2v) is 23.5. The molecule has 4 rings (SSSR count). The molecule has 1 saturated carbocycles. The number of ketones is 3. The van der Waals surface area contributed by atoms with Gasteiger partial charge in [-0.2, -0.15) is 0 Å². The Bertz CT molecular complexity index is 2040. The number of amides is 1. The number of hydrogen-bond donors (Lipinski definition) is 2. The fourth-order valence-electron chi connectivity index (χ4n) is 10.9. The lowest BCUT2D eigenvalue weighted by Gasteiger charge is -2.42. The third kappa shape index (κ3) is 17.9. The molecule has 3 fully saturated rings. The van der Waals surface area contributed by atoms with Gasteiger partial charge in [0.15, 0.2) is 5.78 Å². The standard InChI is InChI=1S/C56H90NO16P/c1-13-69-27-28-70-74(12,65)73-46-25-23-42(32-49(46)67-10)31-38(5)48-34-45(58)37(4)30-40(7)51(60)52(68-11)50(59)39(6)29-35(2)19-15-14-16-20-36(3)47(66-9)33-43-24-22-41(8)56(64,72-43)53(61)54(62)57-26-18-17-21-44(57)55(63)71-48/h14-16,19-20,30,35,37-39,41-44,46-49,51-52,60,64H,13,17-18,21-29,31-34H2,1-12H3/b16-14+,19-15+,36-20+,40-30+/t35-,37-,38-,39-,41-,42+,43+,44?,46-,47+,48+,49-,51-,52+,56-,74?/m1/s1. The Balaban J connectivity index is 1.67. The molecule has 420 valence electrons. The lowest BCUT2D eigenvalue weighted by atomic mass is 9.78. The van der Waals surface area contributed by atoms with Crippen LogP contribution in [-0.4, -0.2) is 153 Å². The van der Waals surface area contributed by atoms with E-state index in [1.807, 2.05) is 65.0 Å². The summed E-state index contributed by atoms with van der Waals surface area (Å²) in [5.74, 6) is -8.35. The highest BCUT2D eigenvalue weighted by Gasteiger charge is 2.53. The molecule has 0 aromatic heterocycles. The number of piperidine rings is 1. The van der Waals surface area contributed by atoms with Crippen LogP contribution in [0.25, 0.3) is 0 Å². The number of ether oxygens (including phenoxy) is 6. The molecule has 18 heteroatoms. The van der Waals surface area contributed by atoms with Gasteiger partial charge < -0.3 is 52.6 Å². The van der Waals surface area contributed by atoms with E-state index in [4.69, 9.17) is 37.5 Å². The van der Waals surface area contributed by atoms with Crippen LogP contribution in [-0.2, 0) is 66.0 Å². The van der Waals surface area contributed by atoms with Crippen molar-refractivity contribution in [1.29, 1.82) is 0 Å². The highest BCUT2D eigenvalue weighted by Crippen LogP contribution is 2.48. The van der Waals surface area contributed by atoms with Crippen molar-refractivity contribution in [3.05, 3.63) is 47.6 Å². The quantitative estimate of drug-likeness (QED) is 0.0585. The molecule has 16 atom stereocenters. The van der Waals surface area contributed by atoms with E-state index < -0.39 is 103 Å². The molecule has 2 N–H and O–H groups in total. The summed E-state index contributed by atoms with van der Waals surface area (Å²) < 4.78 is 60.0. The minimum absolute atomic E-state index is 0.00261. The molecule has 74 heavy (non-hydrogen) atoms. The van der Waals surface area contributed by atoms with Gasteiger partial charge in [0.05, 0.1) is 37.6 Å². The minimum Gasteiger partial charge on any atom is -0.460 e. The van der Waals surface area contributed by atoms with Crippen LogP contribution >= 0.6 is 7.60 Å². The molecule has 4 aliphatic rings. The number of esters is 1. The first kappa shape index (κ1) is 63.3. The Labute approximate surface area is 441 Å². The van der Waals surface area contributed by atoms with Gasteiger partial charge >= 0.3 is 13.6 Å². The van der Waals surface area contributed by atoms with Crippen molar-refractivity contribution in [1.82, 2.24) is 4.90 Å². The van der Waals surface area contributed by atoms with Crippen LogP contribution < -0.4 is 0 Å². The maximum atomic E-state index is 14.6. The molecule has 2 saturated heterocycles. The number of cyclic esters (lactones) is 1. The molecule has 3 heterocycles. The minimum atomic E-state index is -3.44. The summed E-state index contributed by atoms with van der Waals surface area (Å²) in [6, 6.07) is -1.18. The molecule has 3 aliphatic heterocycles. The number of aliphatic hydroxyl groups is 2. The van der Waals surface area contributed by atoms with Gasteiger partial charge in [-0.05, 0) is 114 Å². The van der Waals surface area contributed by atoms with Gasteiger partial charge in [0, 0.05) is 71.7 Å². The average Bonchev–Trinajstić information content (AvgIpc) is 3.36. The van der Waals surface area contributed by atoms with E-state index in [9.17, 15) is 38.8 Å². The lowest BCUT2D eigenvalue weighted by molar-refractivity contribution is -0.265. The van der Waals surface area contributed by atoms with Gasteiger partial charge in [-0.3, -0.25) is 23.7 Å². The number of allylic oxidation sites excluding steroid dienone is 6. The van der Waals surface area contributed by atoms with Crippen molar-refractivity contribution < 1.29 is 76.2 Å². The fraction of sp³-hybridized carbons (Fsp3) is 0.768. The smallest absolute Gasteiger partial charge is 0.329 e. The Morgan fingerprint density at radius 2 is 1.59 bits per heavy atom. The van der Waals surface area contributed by atoms with Gasteiger partial charge in [-0.1, -0.05) is 71.1 Å². The Hall–Kier alpha value is -3.22. The number of rotatable bonds is 13. The number of nitrogens with zero attached hydrogens (tertiary/aromatic N) is 1. The van der Waals surface area contributed by atoms with E-state index in [1.165, 1.54) is 18.7 Å². The first-order valence-corrected chi connectivity index (χ1v) is 29.0. The Morgan fingerprint density at radius 1 is 0.865 bits per heavy atom. The second-order valence-electron chi connectivity index (χ2n) is 21.5. The molecule has 1 amide bonds. The third-order valence-electron chi connectivity index (χ3n) is 15.5. The summed E-state index contributed by atoms with van der Waals surface area (Å²) in [5, 5.41) is 23.6.